The minimum Gasteiger partial charge on any atom is -0.376 e. The van der Waals surface area contributed by atoms with Crippen LogP contribution in [0, 0.1) is 35.3 Å². The van der Waals surface area contributed by atoms with Gasteiger partial charge in [0.05, 0.1) is 17.0 Å². The van der Waals surface area contributed by atoms with E-state index in [4.69, 9.17) is 0 Å². The molecule has 0 atom stereocenters. The number of hydrogen-bond acceptors (Lipinski definition) is 5. The molecule has 0 spiro atoms. The molecule has 1 aromatic carbocycles. The van der Waals surface area contributed by atoms with Gasteiger partial charge in [0.15, 0.2) is 0 Å². The molecule has 2 N–H and O–H groups in total. The number of amides is 1. The Kier molecular flexibility index (Phi) is 6.17. The van der Waals surface area contributed by atoms with E-state index < -0.39 is 4.92 Å². The molecule has 1 aliphatic rings. The molecule has 152 valence electrons. The van der Waals surface area contributed by atoms with E-state index in [9.17, 15) is 20.2 Å². The minimum atomic E-state index is -0.479. The van der Waals surface area contributed by atoms with Crippen LogP contribution in [-0.2, 0) is 4.79 Å². The average Bonchev–Trinajstić information content (AvgIpc) is 2.96. The summed E-state index contributed by atoms with van der Waals surface area (Å²) in [5, 5.41) is 26.3. The van der Waals surface area contributed by atoms with E-state index in [0.717, 1.165) is 36.9 Å². The van der Waals surface area contributed by atoms with Gasteiger partial charge in [0, 0.05) is 29.6 Å². The molecule has 1 fully saturated rings. The third-order valence-corrected chi connectivity index (χ3v) is 5.58. The van der Waals surface area contributed by atoms with Gasteiger partial charge in [0.1, 0.15) is 11.9 Å². The summed E-state index contributed by atoms with van der Waals surface area (Å²) in [5.41, 5.74) is 2.84. The zero-order valence-corrected chi connectivity index (χ0v) is 16.7. The van der Waals surface area contributed by atoms with Crippen molar-refractivity contribution in [2.45, 2.75) is 52.0 Å². The number of nitro benzene ring substituents is 1. The van der Waals surface area contributed by atoms with Gasteiger partial charge in [-0.3, -0.25) is 14.9 Å². The Morgan fingerprint density at radius 3 is 2.69 bits per heavy atom. The third kappa shape index (κ3) is 4.40. The monoisotopic (exact) mass is 395 g/mol. The number of anilines is 2. The smallest absolute Gasteiger partial charge is 0.271 e. The molecule has 8 heteroatoms. The quantitative estimate of drug-likeness (QED) is 0.554. The third-order valence-electron chi connectivity index (χ3n) is 5.58. The number of benzene rings is 1. The van der Waals surface area contributed by atoms with Gasteiger partial charge in [-0.1, -0.05) is 25.3 Å². The molecule has 1 aromatic heterocycles. The van der Waals surface area contributed by atoms with Crippen LogP contribution in [0.1, 0.15) is 55.0 Å². The SMILES string of the molecule is Cc1c(C#N)c(NC(=O)CNc2cccc([N+](=O)[O-])c2)n(C2CCCCC2)c1C. The lowest BCUT2D eigenvalue weighted by Crippen LogP contribution is -2.25. The summed E-state index contributed by atoms with van der Waals surface area (Å²) in [6.07, 6.45) is 5.58. The molecular weight excluding hydrogens is 370 g/mol. The Labute approximate surface area is 169 Å². The number of rotatable bonds is 6. The maximum Gasteiger partial charge on any atom is 0.271 e. The van der Waals surface area contributed by atoms with E-state index >= 15 is 0 Å². The number of non-ortho nitro benzene ring substituents is 1. The summed E-state index contributed by atoms with van der Waals surface area (Å²) in [4.78, 5) is 23.0. The average molecular weight is 395 g/mol. The first-order valence-electron chi connectivity index (χ1n) is 9.82. The van der Waals surface area contributed by atoms with E-state index in [1.165, 1.54) is 18.6 Å². The zero-order chi connectivity index (χ0) is 21.0. The first-order chi connectivity index (χ1) is 13.9. The van der Waals surface area contributed by atoms with E-state index in [-0.39, 0.29) is 24.2 Å². The Morgan fingerprint density at radius 1 is 1.31 bits per heavy atom. The van der Waals surface area contributed by atoms with Crippen LogP contribution in [0.25, 0.3) is 0 Å². The normalized spacial score (nSPS) is 14.2. The Morgan fingerprint density at radius 2 is 2.03 bits per heavy atom. The number of carbonyl (C=O) groups is 1. The largest absolute Gasteiger partial charge is 0.376 e. The molecule has 1 amide bonds. The highest BCUT2D eigenvalue weighted by atomic mass is 16.6. The van der Waals surface area contributed by atoms with Gasteiger partial charge in [-0.2, -0.15) is 5.26 Å². The van der Waals surface area contributed by atoms with Crippen molar-refractivity contribution in [2.24, 2.45) is 0 Å². The lowest BCUT2D eigenvalue weighted by molar-refractivity contribution is -0.384. The van der Waals surface area contributed by atoms with E-state index in [0.29, 0.717) is 17.1 Å². The van der Waals surface area contributed by atoms with Crippen molar-refractivity contribution in [3.63, 3.8) is 0 Å². The second-order valence-corrected chi connectivity index (χ2v) is 7.42. The van der Waals surface area contributed by atoms with Crippen molar-refractivity contribution in [3.05, 3.63) is 51.2 Å². The molecule has 0 unspecified atom stereocenters. The molecule has 29 heavy (non-hydrogen) atoms. The van der Waals surface area contributed by atoms with Crippen LogP contribution in [0.5, 0.6) is 0 Å². The van der Waals surface area contributed by atoms with E-state index in [2.05, 4.69) is 21.3 Å². The number of hydrogen-bond donors (Lipinski definition) is 2. The molecule has 0 bridgehead atoms. The molecule has 1 saturated carbocycles. The van der Waals surface area contributed by atoms with Crippen molar-refractivity contribution in [1.82, 2.24) is 4.57 Å². The van der Waals surface area contributed by atoms with E-state index in [1.807, 2.05) is 13.8 Å². The van der Waals surface area contributed by atoms with Gasteiger partial charge in [0.25, 0.3) is 5.69 Å². The lowest BCUT2D eigenvalue weighted by atomic mass is 9.95. The summed E-state index contributed by atoms with van der Waals surface area (Å²) >= 11 is 0. The molecule has 0 radical (unpaired) electrons. The maximum atomic E-state index is 12.6. The molecule has 2 aromatic rings. The van der Waals surface area contributed by atoms with Crippen LogP contribution < -0.4 is 10.6 Å². The number of aromatic nitrogens is 1. The predicted octanol–water partition coefficient (Wildman–Crippen LogP) is 4.44. The van der Waals surface area contributed by atoms with Crippen molar-refractivity contribution in [1.29, 1.82) is 5.26 Å². The van der Waals surface area contributed by atoms with Crippen molar-refractivity contribution < 1.29 is 9.72 Å². The molecule has 1 heterocycles. The Bertz CT molecular complexity index is 967. The second kappa shape index (κ2) is 8.78. The fourth-order valence-electron chi connectivity index (χ4n) is 3.97. The van der Waals surface area contributed by atoms with Crippen LogP contribution in [0.3, 0.4) is 0 Å². The molecule has 1 aliphatic carbocycles. The number of nitriles is 1. The number of nitro groups is 1. The topological polar surface area (TPSA) is 113 Å². The first-order valence-corrected chi connectivity index (χ1v) is 9.82. The zero-order valence-electron chi connectivity index (χ0n) is 16.7. The highest BCUT2D eigenvalue weighted by Gasteiger charge is 2.25. The number of nitrogens with one attached hydrogen (secondary N) is 2. The summed E-state index contributed by atoms with van der Waals surface area (Å²) < 4.78 is 2.11. The van der Waals surface area contributed by atoms with Crippen LogP contribution in [0.4, 0.5) is 17.2 Å². The highest BCUT2D eigenvalue weighted by Crippen LogP contribution is 2.36. The van der Waals surface area contributed by atoms with Gasteiger partial charge < -0.3 is 15.2 Å². The predicted molar refractivity (Wildman–Crippen MR) is 111 cm³/mol. The molecular formula is C21H25N5O3. The van der Waals surface area contributed by atoms with Crippen LogP contribution in [-0.4, -0.2) is 21.9 Å². The van der Waals surface area contributed by atoms with Crippen molar-refractivity contribution >= 4 is 23.1 Å². The van der Waals surface area contributed by atoms with Crippen LogP contribution in [0.15, 0.2) is 24.3 Å². The Balaban J connectivity index is 1.77. The lowest BCUT2D eigenvalue weighted by Gasteiger charge is -2.27. The second-order valence-electron chi connectivity index (χ2n) is 7.42. The van der Waals surface area contributed by atoms with E-state index in [1.54, 1.807) is 12.1 Å². The van der Waals surface area contributed by atoms with Crippen LogP contribution in [0.2, 0.25) is 0 Å². The summed E-state index contributed by atoms with van der Waals surface area (Å²) in [5.74, 6) is 0.253. The Hall–Kier alpha value is -3.34. The maximum absolute atomic E-state index is 12.6. The van der Waals surface area contributed by atoms with Gasteiger partial charge >= 0.3 is 0 Å². The summed E-state index contributed by atoms with van der Waals surface area (Å²) in [7, 11) is 0. The first kappa shape index (κ1) is 20.4. The van der Waals surface area contributed by atoms with Crippen molar-refractivity contribution in [2.75, 3.05) is 17.2 Å². The standard InChI is InChI=1S/C21H25N5O3/c1-14-15(2)25(17-8-4-3-5-9-17)21(19(14)12-22)24-20(27)13-23-16-7-6-10-18(11-16)26(28)29/h6-7,10-11,17,23H,3-5,8-9,13H2,1-2H3,(H,24,27). The van der Waals surface area contributed by atoms with Gasteiger partial charge in [-0.05, 0) is 38.3 Å². The van der Waals surface area contributed by atoms with Crippen molar-refractivity contribution in [3.8, 4) is 6.07 Å². The van der Waals surface area contributed by atoms with Gasteiger partial charge in [-0.15, -0.1) is 0 Å². The van der Waals surface area contributed by atoms with Crippen LogP contribution >= 0.6 is 0 Å². The molecule has 8 nitrogen and oxygen atoms in total. The van der Waals surface area contributed by atoms with Gasteiger partial charge in [-0.25, -0.2) is 0 Å². The minimum absolute atomic E-state index is 0.0420. The van der Waals surface area contributed by atoms with Gasteiger partial charge in [0.2, 0.25) is 5.91 Å². The molecule has 3 rings (SSSR count). The number of nitrogens with zero attached hydrogens (tertiary/aromatic N) is 3. The fraction of sp³-hybridized carbons (Fsp3) is 0.429. The molecule has 0 saturated heterocycles. The number of carbonyl (C=O) groups excluding carboxylic acids is 1. The summed E-state index contributed by atoms with van der Waals surface area (Å²) in [6.45, 7) is 3.84. The molecule has 0 aliphatic heterocycles. The fourth-order valence-corrected chi connectivity index (χ4v) is 3.97. The highest BCUT2D eigenvalue weighted by molar-refractivity contribution is 5.94. The summed E-state index contributed by atoms with van der Waals surface area (Å²) in [6, 6.07) is 8.52.